The number of amides is 1. The van der Waals surface area contributed by atoms with Crippen LogP contribution in [0.15, 0.2) is 41.2 Å². The molecule has 2 aromatic heterocycles. The fraction of sp³-hybridized carbons (Fsp3) is 0.263. The molecule has 0 aliphatic carbocycles. The van der Waals surface area contributed by atoms with Gasteiger partial charge in [-0.3, -0.25) is 9.59 Å². The molecule has 25 heavy (non-hydrogen) atoms. The van der Waals surface area contributed by atoms with Gasteiger partial charge in [-0.2, -0.15) is 0 Å². The van der Waals surface area contributed by atoms with Crippen molar-refractivity contribution in [2.45, 2.75) is 26.4 Å². The maximum Gasteiger partial charge on any atom is 0.254 e. The first-order valence-corrected chi connectivity index (χ1v) is 8.29. The SMILES string of the molecule is Cc1cc(O)cc(=O)n1CC(=O)N1CCc2c([nH]c3ccccc23)C1. The molecule has 1 aromatic carbocycles. The zero-order valence-corrected chi connectivity index (χ0v) is 14.0. The Kier molecular flexibility index (Phi) is 3.60. The Labute approximate surface area is 144 Å². The van der Waals surface area contributed by atoms with E-state index in [1.807, 2.05) is 18.2 Å². The van der Waals surface area contributed by atoms with Gasteiger partial charge < -0.3 is 19.6 Å². The lowest BCUT2D eigenvalue weighted by Crippen LogP contribution is -2.40. The van der Waals surface area contributed by atoms with Crippen molar-refractivity contribution in [2.24, 2.45) is 0 Å². The molecule has 0 bridgehead atoms. The number of para-hydroxylation sites is 1. The van der Waals surface area contributed by atoms with Gasteiger partial charge in [0.05, 0.1) is 6.54 Å². The normalized spacial score (nSPS) is 13.9. The van der Waals surface area contributed by atoms with Gasteiger partial charge in [0.2, 0.25) is 5.91 Å². The predicted octanol–water partition coefficient (Wildman–Crippen LogP) is 1.93. The highest BCUT2D eigenvalue weighted by Crippen LogP contribution is 2.27. The van der Waals surface area contributed by atoms with E-state index in [4.69, 9.17) is 0 Å². The number of hydrogen-bond donors (Lipinski definition) is 2. The molecule has 2 N–H and O–H groups in total. The fourth-order valence-corrected chi connectivity index (χ4v) is 3.56. The van der Waals surface area contributed by atoms with Gasteiger partial charge >= 0.3 is 0 Å². The Morgan fingerprint density at radius 3 is 2.88 bits per heavy atom. The number of fused-ring (bicyclic) bond motifs is 3. The van der Waals surface area contributed by atoms with Crippen molar-refractivity contribution < 1.29 is 9.90 Å². The maximum atomic E-state index is 12.7. The van der Waals surface area contributed by atoms with E-state index in [1.54, 1.807) is 11.8 Å². The molecular formula is C19H19N3O3. The maximum absolute atomic E-state index is 12.7. The van der Waals surface area contributed by atoms with Crippen molar-refractivity contribution in [3.8, 4) is 5.75 Å². The summed E-state index contributed by atoms with van der Waals surface area (Å²) in [5.74, 6) is -0.174. The summed E-state index contributed by atoms with van der Waals surface area (Å²) in [6, 6.07) is 10.8. The largest absolute Gasteiger partial charge is 0.508 e. The lowest BCUT2D eigenvalue weighted by Gasteiger charge is -2.27. The average molecular weight is 337 g/mol. The zero-order valence-electron chi connectivity index (χ0n) is 14.0. The number of nitrogens with one attached hydrogen (secondary N) is 1. The molecule has 0 atom stereocenters. The second kappa shape index (κ2) is 5.81. The number of aromatic nitrogens is 2. The summed E-state index contributed by atoms with van der Waals surface area (Å²) < 4.78 is 1.39. The molecule has 0 unspecified atom stereocenters. The van der Waals surface area contributed by atoms with Gasteiger partial charge in [0.15, 0.2) is 0 Å². The predicted molar refractivity (Wildman–Crippen MR) is 94.5 cm³/mol. The number of hydrogen-bond acceptors (Lipinski definition) is 3. The van der Waals surface area contributed by atoms with Crippen LogP contribution in [-0.2, 0) is 24.3 Å². The summed E-state index contributed by atoms with van der Waals surface area (Å²) in [6.07, 6.45) is 0.800. The van der Waals surface area contributed by atoms with Gasteiger partial charge in [-0.05, 0) is 31.0 Å². The lowest BCUT2D eigenvalue weighted by atomic mass is 10.0. The van der Waals surface area contributed by atoms with Gasteiger partial charge in [0.1, 0.15) is 12.3 Å². The molecule has 3 heterocycles. The summed E-state index contributed by atoms with van der Waals surface area (Å²) in [5.41, 5.74) is 3.64. The number of aryl methyl sites for hydroxylation is 1. The summed E-state index contributed by atoms with van der Waals surface area (Å²) in [5, 5.41) is 10.7. The van der Waals surface area contributed by atoms with E-state index in [-0.39, 0.29) is 23.8 Å². The fourth-order valence-electron chi connectivity index (χ4n) is 3.56. The summed E-state index contributed by atoms with van der Waals surface area (Å²) in [6.45, 7) is 2.86. The van der Waals surface area contributed by atoms with Crippen LogP contribution in [0.1, 0.15) is 17.0 Å². The quantitative estimate of drug-likeness (QED) is 0.750. The molecule has 0 radical (unpaired) electrons. The number of benzene rings is 1. The Morgan fingerprint density at radius 1 is 1.28 bits per heavy atom. The molecule has 1 aliphatic heterocycles. The van der Waals surface area contributed by atoms with E-state index in [9.17, 15) is 14.7 Å². The van der Waals surface area contributed by atoms with Gasteiger partial charge in [-0.25, -0.2) is 0 Å². The van der Waals surface area contributed by atoms with Gasteiger partial charge in [0.25, 0.3) is 5.56 Å². The second-order valence-corrected chi connectivity index (χ2v) is 6.47. The van der Waals surface area contributed by atoms with E-state index >= 15 is 0 Å². The Hall–Kier alpha value is -3.02. The highest BCUT2D eigenvalue weighted by Gasteiger charge is 2.24. The van der Waals surface area contributed by atoms with Gasteiger partial charge in [-0.1, -0.05) is 18.2 Å². The monoisotopic (exact) mass is 337 g/mol. The number of pyridine rings is 1. The van der Waals surface area contributed by atoms with Crippen LogP contribution in [0.5, 0.6) is 5.75 Å². The minimum Gasteiger partial charge on any atom is -0.508 e. The molecule has 1 aliphatic rings. The molecule has 0 fully saturated rings. The number of aromatic amines is 1. The Balaban J connectivity index is 1.58. The summed E-state index contributed by atoms with van der Waals surface area (Å²) >= 11 is 0. The van der Waals surface area contributed by atoms with Crippen LogP contribution in [0, 0.1) is 6.92 Å². The third-order valence-corrected chi connectivity index (χ3v) is 4.85. The number of carbonyl (C=O) groups is 1. The minimum absolute atomic E-state index is 0.0134. The van der Waals surface area contributed by atoms with E-state index in [1.165, 1.54) is 21.6 Å². The van der Waals surface area contributed by atoms with Crippen molar-refractivity contribution in [1.82, 2.24) is 14.5 Å². The third kappa shape index (κ3) is 2.69. The number of aromatic hydroxyl groups is 1. The second-order valence-electron chi connectivity index (χ2n) is 6.47. The summed E-state index contributed by atoms with van der Waals surface area (Å²) in [7, 11) is 0. The van der Waals surface area contributed by atoms with Crippen LogP contribution < -0.4 is 5.56 Å². The highest BCUT2D eigenvalue weighted by atomic mass is 16.3. The first kappa shape index (κ1) is 15.5. The standard InChI is InChI=1S/C19H19N3O3/c1-12-8-13(23)9-18(24)22(12)11-19(25)21-7-6-15-14-4-2-3-5-16(14)20-17(15)10-21/h2-5,8-9,20,23H,6-7,10-11H2,1H3. The van der Waals surface area contributed by atoms with Crippen LogP contribution in [0.25, 0.3) is 10.9 Å². The van der Waals surface area contributed by atoms with Crippen LogP contribution >= 0.6 is 0 Å². The highest BCUT2D eigenvalue weighted by molar-refractivity contribution is 5.85. The average Bonchev–Trinajstić information content (AvgIpc) is 2.95. The number of H-pyrrole nitrogens is 1. The van der Waals surface area contributed by atoms with Crippen LogP contribution in [0.2, 0.25) is 0 Å². The van der Waals surface area contributed by atoms with Crippen LogP contribution in [0.4, 0.5) is 0 Å². The topological polar surface area (TPSA) is 78.3 Å². The van der Waals surface area contributed by atoms with Crippen LogP contribution in [0.3, 0.4) is 0 Å². The lowest BCUT2D eigenvalue weighted by molar-refractivity contribution is -0.132. The Morgan fingerprint density at radius 2 is 2.08 bits per heavy atom. The first-order valence-electron chi connectivity index (χ1n) is 8.29. The van der Waals surface area contributed by atoms with Gasteiger partial charge in [-0.15, -0.1) is 0 Å². The molecule has 6 nitrogen and oxygen atoms in total. The Bertz CT molecular complexity index is 1030. The van der Waals surface area contributed by atoms with E-state index in [0.29, 0.717) is 18.8 Å². The minimum atomic E-state index is -0.367. The van der Waals surface area contributed by atoms with Crippen molar-refractivity contribution in [1.29, 1.82) is 0 Å². The number of nitrogens with zero attached hydrogens (tertiary/aromatic N) is 2. The molecule has 6 heteroatoms. The van der Waals surface area contributed by atoms with Crippen molar-refractivity contribution in [3.63, 3.8) is 0 Å². The van der Waals surface area contributed by atoms with E-state index in [2.05, 4.69) is 11.1 Å². The molecule has 0 saturated heterocycles. The molecule has 1 amide bonds. The van der Waals surface area contributed by atoms with Crippen molar-refractivity contribution in [3.05, 3.63) is 63.7 Å². The molecule has 0 spiro atoms. The van der Waals surface area contributed by atoms with E-state index < -0.39 is 0 Å². The zero-order chi connectivity index (χ0) is 17.6. The van der Waals surface area contributed by atoms with Gasteiger partial charge in [0, 0.05) is 34.9 Å². The van der Waals surface area contributed by atoms with Crippen molar-refractivity contribution in [2.75, 3.05) is 6.54 Å². The molecule has 4 rings (SSSR count). The number of carbonyl (C=O) groups excluding carboxylic acids is 1. The summed E-state index contributed by atoms with van der Waals surface area (Å²) in [4.78, 5) is 29.9. The third-order valence-electron chi connectivity index (χ3n) is 4.85. The van der Waals surface area contributed by atoms with E-state index in [0.717, 1.165) is 23.7 Å². The van der Waals surface area contributed by atoms with Crippen LogP contribution in [-0.4, -0.2) is 32.0 Å². The first-order chi connectivity index (χ1) is 12.0. The molecule has 0 saturated carbocycles. The number of rotatable bonds is 2. The molecular weight excluding hydrogens is 318 g/mol. The van der Waals surface area contributed by atoms with Crippen molar-refractivity contribution >= 4 is 16.8 Å². The smallest absolute Gasteiger partial charge is 0.254 e. The molecule has 3 aromatic rings. The molecule has 128 valence electrons.